The van der Waals surface area contributed by atoms with Crippen molar-refractivity contribution in [1.29, 1.82) is 0 Å². The third-order valence-corrected chi connectivity index (χ3v) is 6.24. The van der Waals surface area contributed by atoms with Crippen LogP contribution in [0.25, 0.3) is 0 Å². The van der Waals surface area contributed by atoms with Gasteiger partial charge in [-0.15, -0.1) is 0 Å². The number of carbonyl (C=O) groups excluding carboxylic acids is 5. The topological polar surface area (TPSA) is 255 Å². The maximum Gasteiger partial charge on any atom is 0.326 e. The van der Waals surface area contributed by atoms with Gasteiger partial charge in [0, 0.05) is 6.42 Å². The maximum atomic E-state index is 13.4. The summed E-state index contributed by atoms with van der Waals surface area (Å²) >= 11 is 0. The van der Waals surface area contributed by atoms with Crippen LogP contribution in [-0.2, 0) is 35.2 Å². The maximum absolute atomic E-state index is 13.4. The molecule has 0 aromatic heterocycles. The summed E-state index contributed by atoms with van der Waals surface area (Å²) in [6.07, 6.45) is 1.55. The molecule has 0 aliphatic carbocycles. The molecule has 0 aliphatic heterocycles. The van der Waals surface area contributed by atoms with E-state index in [1.54, 1.807) is 30.3 Å². The number of nitrogens with one attached hydrogen (secondary N) is 5. The molecule has 5 amide bonds. The predicted molar refractivity (Wildman–Crippen MR) is 157 cm³/mol. The first-order valence-electron chi connectivity index (χ1n) is 14.2. The quantitative estimate of drug-likeness (QED) is 0.0704. The molecule has 0 aliphatic rings. The van der Waals surface area contributed by atoms with Gasteiger partial charge < -0.3 is 48.3 Å². The minimum absolute atomic E-state index is 0.0404. The highest BCUT2D eigenvalue weighted by atomic mass is 16.4. The number of nitrogens with two attached hydrogens (primary N) is 2. The van der Waals surface area contributed by atoms with Gasteiger partial charge in [0.05, 0.1) is 19.7 Å². The summed E-state index contributed by atoms with van der Waals surface area (Å²) in [5.74, 6) is -4.74. The molecule has 15 nitrogen and oxygen atoms in total. The molecule has 240 valence electrons. The number of aliphatic carboxylic acids is 1. The van der Waals surface area contributed by atoms with Crippen LogP contribution in [0, 0.1) is 5.92 Å². The van der Waals surface area contributed by atoms with Crippen LogP contribution in [0.2, 0.25) is 0 Å². The Labute approximate surface area is 250 Å². The monoisotopic (exact) mass is 607 g/mol. The van der Waals surface area contributed by atoms with Gasteiger partial charge in [-0.1, -0.05) is 44.2 Å². The van der Waals surface area contributed by atoms with Gasteiger partial charge in [-0.3, -0.25) is 24.0 Å². The van der Waals surface area contributed by atoms with Gasteiger partial charge in [0.15, 0.2) is 0 Å². The van der Waals surface area contributed by atoms with E-state index in [0.29, 0.717) is 24.9 Å². The van der Waals surface area contributed by atoms with Crippen molar-refractivity contribution in [3.63, 3.8) is 0 Å². The van der Waals surface area contributed by atoms with E-state index < -0.39 is 79.4 Å². The molecule has 0 saturated carbocycles. The molecule has 0 radical (unpaired) electrons. The van der Waals surface area contributed by atoms with Crippen molar-refractivity contribution in [2.45, 2.75) is 70.1 Å². The number of hydrogen-bond acceptors (Lipinski definition) is 9. The number of carboxylic acids is 1. The first kappa shape index (κ1) is 36.9. The van der Waals surface area contributed by atoms with Gasteiger partial charge in [0.25, 0.3) is 0 Å². The van der Waals surface area contributed by atoms with E-state index >= 15 is 0 Å². The van der Waals surface area contributed by atoms with Crippen LogP contribution in [0.3, 0.4) is 0 Å². The fourth-order valence-electron chi connectivity index (χ4n) is 3.92. The molecule has 1 aromatic rings. The van der Waals surface area contributed by atoms with Gasteiger partial charge in [-0.05, 0) is 43.7 Å². The number of carbonyl (C=O) groups is 6. The van der Waals surface area contributed by atoms with Gasteiger partial charge in [-0.2, -0.15) is 0 Å². The van der Waals surface area contributed by atoms with E-state index in [-0.39, 0.29) is 25.2 Å². The highest BCUT2D eigenvalue weighted by Gasteiger charge is 2.30. The molecule has 0 saturated heterocycles. The molecule has 4 atom stereocenters. The van der Waals surface area contributed by atoms with Crippen LogP contribution in [-0.4, -0.2) is 96.1 Å². The summed E-state index contributed by atoms with van der Waals surface area (Å²) in [4.78, 5) is 74.6. The highest BCUT2D eigenvalue weighted by molar-refractivity contribution is 5.94. The SMILES string of the molecule is CC(C)C[C@H](NC(=O)[C@H](Cc1ccccc1)NC(=O)CNC(=O)CNC(=O)[C@@H](N)CO)C(=O)N[C@@H](CCCCN)C(=O)O. The zero-order valence-electron chi connectivity index (χ0n) is 24.6. The van der Waals surface area contributed by atoms with Gasteiger partial charge >= 0.3 is 5.97 Å². The summed E-state index contributed by atoms with van der Waals surface area (Å²) in [5.41, 5.74) is 11.6. The van der Waals surface area contributed by atoms with Crippen molar-refractivity contribution in [3.05, 3.63) is 35.9 Å². The number of aliphatic hydroxyl groups excluding tert-OH is 1. The van der Waals surface area contributed by atoms with E-state index in [9.17, 15) is 33.9 Å². The fourth-order valence-corrected chi connectivity index (χ4v) is 3.92. The molecule has 11 N–H and O–H groups in total. The normalized spacial score (nSPS) is 13.6. The van der Waals surface area contributed by atoms with Crippen LogP contribution < -0.4 is 38.1 Å². The Kier molecular flexibility index (Phi) is 17.1. The van der Waals surface area contributed by atoms with Crippen molar-refractivity contribution < 1.29 is 39.0 Å². The number of carboxylic acid groups (broad SMARTS) is 1. The summed E-state index contributed by atoms with van der Waals surface area (Å²) < 4.78 is 0. The third kappa shape index (κ3) is 15.1. The molecule has 0 heterocycles. The average molecular weight is 608 g/mol. The molecule has 0 fully saturated rings. The molecular weight excluding hydrogens is 562 g/mol. The lowest BCUT2D eigenvalue weighted by Gasteiger charge is -2.25. The minimum Gasteiger partial charge on any atom is -0.480 e. The number of rotatable bonds is 20. The highest BCUT2D eigenvalue weighted by Crippen LogP contribution is 2.09. The Bertz CT molecular complexity index is 1070. The standard InChI is InChI=1S/C28H45N7O8/c1-17(2)12-21(26(40)34-20(28(42)43)10-6-7-11-29)35-27(41)22(13-18-8-4-3-5-9-18)33-24(38)15-31-23(37)14-32-25(39)19(30)16-36/h3-5,8-9,17,19-22,36H,6-7,10-16,29-30H2,1-2H3,(H,31,37)(H,32,39)(H,33,38)(H,34,40)(H,35,41)(H,42,43)/t19-,20-,21-,22-/m0/s1. The molecule has 15 heteroatoms. The summed E-state index contributed by atoms with van der Waals surface area (Å²) in [6.45, 7) is 2.47. The van der Waals surface area contributed by atoms with Gasteiger partial charge in [-0.25, -0.2) is 4.79 Å². The fraction of sp³-hybridized carbons (Fsp3) is 0.571. The first-order chi connectivity index (χ1) is 20.4. The molecule has 0 bridgehead atoms. The average Bonchev–Trinajstić information content (AvgIpc) is 2.97. The van der Waals surface area contributed by atoms with Crippen molar-refractivity contribution in [3.8, 4) is 0 Å². The van der Waals surface area contributed by atoms with Crippen molar-refractivity contribution >= 4 is 35.5 Å². The lowest BCUT2D eigenvalue weighted by atomic mass is 10.0. The van der Waals surface area contributed by atoms with E-state index in [2.05, 4.69) is 26.6 Å². The molecule has 1 rings (SSSR count). The number of amides is 5. The Morgan fingerprint density at radius 3 is 1.98 bits per heavy atom. The summed E-state index contributed by atoms with van der Waals surface area (Å²) in [5, 5.41) is 30.7. The first-order valence-corrected chi connectivity index (χ1v) is 14.2. The Morgan fingerprint density at radius 2 is 1.40 bits per heavy atom. The Hall–Kier alpha value is -4.08. The number of hydrogen-bond donors (Lipinski definition) is 9. The second kappa shape index (κ2) is 19.9. The zero-order valence-corrected chi connectivity index (χ0v) is 24.6. The summed E-state index contributed by atoms with van der Waals surface area (Å²) in [7, 11) is 0. The Balaban J connectivity index is 2.95. The van der Waals surface area contributed by atoms with Crippen molar-refractivity contribution in [2.75, 3.05) is 26.2 Å². The van der Waals surface area contributed by atoms with E-state index in [1.807, 2.05) is 13.8 Å². The molecular formula is C28H45N7O8. The largest absolute Gasteiger partial charge is 0.480 e. The zero-order chi connectivity index (χ0) is 32.4. The lowest BCUT2D eigenvalue weighted by Crippen LogP contribution is -2.57. The molecule has 0 unspecified atom stereocenters. The molecule has 1 aromatic carbocycles. The second-order valence-corrected chi connectivity index (χ2v) is 10.5. The second-order valence-electron chi connectivity index (χ2n) is 10.5. The van der Waals surface area contributed by atoms with Crippen molar-refractivity contribution in [1.82, 2.24) is 26.6 Å². The smallest absolute Gasteiger partial charge is 0.326 e. The third-order valence-electron chi connectivity index (χ3n) is 6.24. The lowest BCUT2D eigenvalue weighted by molar-refractivity contribution is -0.142. The Morgan fingerprint density at radius 1 is 0.791 bits per heavy atom. The van der Waals surface area contributed by atoms with Gasteiger partial charge in [0.1, 0.15) is 24.2 Å². The predicted octanol–water partition coefficient (Wildman–Crippen LogP) is -2.50. The van der Waals surface area contributed by atoms with Crippen LogP contribution in [0.15, 0.2) is 30.3 Å². The van der Waals surface area contributed by atoms with E-state index in [4.69, 9.17) is 16.6 Å². The summed E-state index contributed by atoms with van der Waals surface area (Å²) in [6, 6.07) is 4.25. The van der Waals surface area contributed by atoms with Gasteiger partial charge in [0.2, 0.25) is 29.5 Å². The minimum atomic E-state index is -1.20. The number of aliphatic hydroxyl groups is 1. The molecule has 0 spiro atoms. The number of benzene rings is 1. The van der Waals surface area contributed by atoms with Crippen LogP contribution >= 0.6 is 0 Å². The number of unbranched alkanes of at least 4 members (excludes halogenated alkanes) is 1. The van der Waals surface area contributed by atoms with E-state index in [1.165, 1.54) is 0 Å². The van der Waals surface area contributed by atoms with Crippen LogP contribution in [0.5, 0.6) is 0 Å². The van der Waals surface area contributed by atoms with Crippen LogP contribution in [0.4, 0.5) is 0 Å². The van der Waals surface area contributed by atoms with Crippen molar-refractivity contribution in [2.24, 2.45) is 17.4 Å². The van der Waals surface area contributed by atoms with E-state index in [0.717, 1.165) is 0 Å². The van der Waals surface area contributed by atoms with Crippen LogP contribution in [0.1, 0.15) is 45.1 Å². The molecule has 43 heavy (non-hydrogen) atoms.